The molecule has 36 heavy (non-hydrogen) atoms. The summed E-state index contributed by atoms with van der Waals surface area (Å²) in [6.45, 7) is 1.14. The maximum Gasteiger partial charge on any atom is 0.292 e. The van der Waals surface area contributed by atoms with Gasteiger partial charge >= 0.3 is 0 Å². The molecule has 5 aromatic rings. The van der Waals surface area contributed by atoms with E-state index in [1.54, 1.807) is 17.2 Å². The zero-order valence-corrected chi connectivity index (χ0v) is 19.3. The number of likely N-dealkylation sites (tertiary alicyclic amines) is 1. The first kappa shape index (κ1) is 21.8. The van der Waals surface area contributed by atoms with E-state index in [0.717, 1.165) is 24.2 Å². The summed E-state index contributed by atoms with van der Waals surface area (Å²) >= 11 is 0. The zero-order chi connectivity index (χ0) is 24.5. The number of aromatic nitrogens is 5. The van der Waals surface area contributed by atoms with Gasteiger partial charge in [0.05, 0.1) is 23.8 Å². The van der Waals surface area contributed by atoms with Crippen molar-refractivity contribution in [3.63, 3.8) is 0 Å². The number of piperidine rings is 1. The van der Waals surface area contributed by atoms with Crippen molar-refractivity contribution in [3.05, 3.63) is 78.8 Å². The number of ether oxygens (including phenoxy) is 1. The van der Waals surface area contributed by atoms with Crippen LogP contribution in [0.1, 0.15) is 29.4 Å². The van der Waals surface area contributed by atoms with Gasteiger partial charge in [0.1, 0.15) is 17.3 Å². The van der Waals surface area contributed by atoms with E-state index >= 15 is 0 Å². The lowest BCUT2D eigenvalue weighted by molar-refractivity contribution is 0.0633. The average Bonchev–Trinajstić information content (AvgIpc) is 3.60. The number of benzene rings is 2. The molecule has 0 spiro atoms. The van der Waals surface area contributed by atoms with Gasteiger partial charge < -0.3 is 19.9 Å². The van der Waals surface area contributed by atoms with Gasteiger partial charge in [-0.2, -0.15) is 5.10 Å². The van der Waals surface area contributed by atoms with Crippen LogP contribution in [-0.4, -0.2) is 48.8 Å². The first-order valence-electron chi connectivity index (χ1n) is 11.7. The Morgan fingerprint density at radius 3 is 2.61 bits per heavy atom. The second kappa shape index (κ2) is 9.14. The van der Waals surface area contributed by atoms with E-state index in [9.17, 15) is 4.79 Å². The molecule has 1 aliphatic heterocycles. The van der Waals surface area contributed by atoms with Crippen molar-refractivity contribution in [1.29, 1.82) is 0 Å². The Hall–Kier alpha value is -4.73. The Morgan fingerprint density at radius 1 is 1.03 bits per heavy atom. The topological polar surface area (TPSA) is 125 Å². The number of amides is 1. The number of hydrogen-bond acceptors (Lipinski definition) is 8. The summed E-state index contributed by atoms with van der Waals surface area (Å²) in [6.07, 6.45) is 4.85. The second-order valence-corrected chi connectivity index (χ2v) is 8.62. The van der Waals surface area contributed by atoms with Gasteiger partial charge in [-0.3, -0.25) is 4.79 Å². The molecule has 2 aromatic carbocycles. The molecular formula is C26H23N7O3. The minimum absolute atomic E-state index is 0.0491. The van der Waals surface area contributed by atoms with Crippen molar-refractivity contribution in [2.45, 2.75) is 18.9 Å². The van der Waals surface area contributed by atoms with Gasteiger partial charge in [-0.1, -0.05) is 23.4 Å². The average molecular weight is 482 g/mol. The molecule has 0 radical (unpaired) electrons. The lowest BCUT2D eigenvalue weighted by Gasteiger charge is -2.32. The molecule has 4 heterocycles. The van der Waals surface area contributed by atoms with Crippen LogP contribution in [0.2, 0.25) is 0 Å². The van der Waals surface area contributed by atoms with Crippen molar-refractivity contribution in [2.75, 3.05) is 18.8 Å². The molecule has 1 aliphatic rings. The Labute approximate surface area is 206 Å². The summed E-state index contributed by atoms with van der Waals surface area (Å²) in [5.74, 6) is 2.38. The molecule has 1 fully saturated rings. The number of nitrogens with two attached hydrogens (primary N) is 1. The number of nitrogens with zero attached hydrogens (tertiary/aromatic N) is 6. The molecule has 0 aliphatic carbocycles. The van der Waals surface area contributed by atoms with Gasteiger partial charge in [0.15, 0.2) is 11.5 Å². The molecular weight excluding hydrogens is 458 g/mol. The molecule has 2 N–H and O–H groups in total. The Kier molecular flexibility index (Phi) is 5.53. The van der Waals surface area contributed by atoms with Crippen LogP contribution in [0.4, 0.5) is 5.82 Å². The van der Waals surface area contributed by atoms with Gasteiger partial charge in [0.25, 0.3) is 5.91 Å². The largest absolute Gasteiger partial charge is 0.457 e. The first-order valence-corrected chi connectivity index (χ1v) is 11.7. The molecule has 1 amide bonds. The number of nitrogen functional groups attached to an aromatic ring is 1. The van der Waals surface area contributed by atoms with Crippen LogP contribution in [-0.2, 0) is 0 Å². The summed E-state index contributed by atoms with van der Waals surface area (Å²) in [5, 5.41) is 8.90. The van der Waals surface area contributed by atoms with Crippen molar-refractivity contribution in [3.8, 4) is 22.9 Å². The Morgan fingerprint density at radius 2 is 1.83 bits per heavy atom. The predicted molar refractivity (Wildman–Crippen MR) is 132 cm³/mol. The van der Waals surface area contributed by atoms with Crippen molar-refractivity contribution in [2.24, 2.45) is 0 Å². The lowest BCUT2D eigenvalue weighted by Crippen LogP contribution is -2.40. The van der Waals surface area contributed by atoms with E-state index in [0.29, 0.717) is 41.5 Å². The molecule has 1 atom stereocenters. The summed E-state index contributed by atoms with van der Waals surface area (Å²) in [5.41, 5.74) is 7.74. The molecule has 0 unspecified atom stereocenters. The zero-order valence-electron chi connectivity index (χ0n) is 19.3. The highest BCUT2D eigenvalue weighted by Crippen LogP contribution is 2.30. The second-order valence-electron chi connectivity index (χ2n) is 8.62. The fourth-order valence-electron chi connectivity index (χ4n) is 4.46. The van der Waals surface area contributed by atoms with Crippen LogP contribution in [0.3, 0.4) is 0 Å². The minimum Gasteiger partial charge on any atom is -0.457 e. The van der Waals surface area contributed by atoms with E-state index in [1.807, 2.05) is 59.3 Å². The highest BCUT2D eigenvalue weighted by Gasteiger charge is 2.29. The van der Waals surface area contributed by atoms with Crippen molar-refractivity contribution in [1.82, 2.24) is 29.8 Å². The summed E-state index contributed by atoms with van der Waals surface area (Å²) in [7, 11) is 0. The number of para-hydroxylation sites is 1. The maximum absolute atomic E-state index is 12.8. The molecule has 6 rings (SSSR count). The third-order valence-corrected chi connectivity index (χ3v) is 6.25. The quantitative estimate of drug-likeness (QED) is 0.393. The molecule has 0 bridgehead atoms. The summed E-state index contributed by atoms with van der Waals surface area (Å²) in [6, 6.07) is 18.7. The van der Waals surface area contributed by atoms with E-state index in [1.165, 1.54) is 6.20 Å². The number of hydrogen-bond donors (Lipinski definition) is 1. The number of fused-ring (bicyclic) bond motifs is 1. The number of carbonyl (C=O) groups excluding carboxylic acids is 1. The molecule has 10 nitrogen and oxygen atoms in total. The molecule has 0 saturated carbocycles. The van der Waals surface area contributed by atoms with E-state index in [2.05, 4.69) is 15.2 Å². The predicted octanol–water partition coefficient (Wildman–Crippen LogP) is 4.33. The van der Waals surface area contributed by atoms with Crippen LogP contribution < -0.4 is 10.5 Å². The molecule has 10 heteroatoms. The van der Waals surface area contributed by atoms with Crippen LogP contribution >= 0.6 is 0 Å². The van der Waals surface area contributed by atoms with Crippen molar-refractivity contribution < 1.29 is 14.1 Å². The third kappa shape index (κ3) is 4.13. The molecule has 3 aromatic heterocycles. The Balaban J connectivity index is 1.27. The summed E-state index contributed by atoms with van der Waals surface area (Å²) in [4.78, 5) is 23.9. The SMILES string of the molecule is Nc1nc(-c2ccc(Oc3ccccc3)cc2)nc2c1cnn2[C@@H]1CCCN(C(=O)c2ccno2)C1. The normalized spacial score (nSPS) is 15.8. The van der Waals surface area contributed by atoms with E-state index in [4.69, 9.17) is 20.0 Å². The highest BCUT2D eigenvalue weighted by atomic mass is 16.5. The number of rotatable bonds is 5. The number of carbonyl (C=O) groups is 1. The standard InChI is InChI=1S/C26H23N7O3/c27-23-21-15-28-33(18-5-4-14-32(16-18)26(34)22-12-13-29-36-22)25(21)31-24(30-23)17-8-10-20(11-9-17)35-19-6-2-1-3-7-19/h1-3,6-13,15,18H,4-5,14,16H2,(H2,27,30,31)/t18-/m1/s1. The van der Waals surface area contributed by atoms with Gasteiger partial charge in [0.2, 0.25) is 5.76 Å². The molecule has 1 saturated heterocycles. The van der Waals surface area contributed by atoms with Crippen molar-refractivity contribution >= 4 is 22.8 Å². The highest BCUT2D eigenvalue weighted by molar-refractivity contribution is 5.91. The van der Waals surface area contributed by atoms with Crippen LogP contribution in [0.5, 0.6) is 11.5 Å². The molecule has 180 valence electrons. The fraction of sp³-hybridized carbons (Fsp3) is 0.192. The minimum atomic E-state index is -0.179. The van der Waals surface area contributed by atoms with Crippen LogP contribution in [0.25, 0.3) is 22.4 Å². The Bertz CT molecular complexity index is 1500. The maximum atomic E-state index is 12.8. The fourth-order valence-corrected chi connectivity index (χ4v) is 4.46. The number of anilines is 1. The van der Waals surface area contributed by atoms with Crippen LogP contribution in [0, 0.1) is 0 Å². The van der Waals surface area contributed by atoms with Gasteiger partial charge in [-0.25, -0.2) is 14.6 Å². The van der Waals surface area contributed by atoms with Gasteiger partial charge in [-0.15, -0.1) is 0 Å². The smallest absolute Gasteiger partial charge is 0.292 e. The monoisotopic (exact) mass is 481 g/mol. The lowest BCUT2D eigenvalue weighted by atomic mass is 10.1. The van der Waals surface area contributed by atoms with E-state index in [-0.39, 0.29) is 17.7 Å². The van der Waals surface area contributed by atoms with Gasteiger partial charge in [0, 0.05) is 24.7 Å². The third-order valence-electron chi connectivity index (χ3n) is 6.25. The summed E-state index contributed by atoms with van der Waals surface area (Å²) < 4.78 is 12.8. The van der Waals surface area contributed by atoms with E-state index < -0.39 is 0 Å². The van der Waals surface area contributed by atoms with Crippen LogP contribution in [0.15, 0.2) is 77.6 Å². The van der Waals surface area contributed by atoms with Gasteiger partial charge in [-0.05, 0) is 49.2 Å². The first-order chi connectivity index (χ1) is 17.7.